The van der Waals surface area contributed by atoms with Crippen LogP contribution in [0.25, 0.3) is 0 Å². The molecule has 218 valence electrons. The average molecular weight is 525 g/mol. The third kappa shape index (κ3) is 25.6. The number of carbonyl (C=O) groups is 2. The first-order valence-electron chi connectivity index (χ1n) is 15.7. The number of amides is 2. The van der Waals surface area contributed by atoms with Gasteiger partial charge in [-0.3, -0.25) is 26.0 Å². The Hall–Kier alpha value is -1.79. The van der Waals surface area contributed by atoms with Gasteiger partial charge in [-0.2, -0.15) is 0 Å². The van der Waals surface area contributed by atoms with Crippen molar-refractivity contribution in [2.24, 2.45) is 11.5 Å². The van der Waals surface area contributed by atoms with E-state index in [1.54, 1.807) is 0 Å². The highest BCUT2D eigenvalue weighted by Gasteiger charge is 2.20. The molecule has 0 radical (unpaired) electrons. The Balaban J connectivity index is 3.94. The first kappa shape index (κ1) is 35.2. The fourth-order valence-corrected chi connectivity index (χ4v) is 4.62. The molecule has 0 heterocycles. The van der Waals surface area contributed by atoms with Gasteiger partial charge in [-0.25, -0.2) is 0 Å². The summed E-state index contributed by atoms with van der Waals surface area (Å²) in [6.07, 6.45) is 25.8. The van der Waals surface area contributed by atoms with E-state index in [0.29, 0.717) is 32.4 Å². The highest BCUT2D eigenvalue weighted by molar-refractivity contribution is 5.87. The lowest BCUT2D eigenvalue weighted by Gasteiger charge is -2.18. The predicted octanol–water partition coefficient (Wildman–Crippen LogP) is 4.56. The van der Waals surface area contributed by atoms with Crippen LogP contribution in [-0.4, -0.2) is 36.9 Å². The van der Waals surface area contributed by atoms with Crippen molar-refractivity contribution in [1.29, 1.82) is 0 Å². The van der Waals surface area contributed by atoms with E-state index < -0.39 is 6.04 Å². The topological polar surface area (TPSA) is 124 Å². The molecule has 0 aliphatic carbocycles. The van der Waals surface area contributed by atoms with Crippen LogP contribution < -0.4 is 27.1 Å². The van der Waals surface area contributed by atoms with Crippen molar-refractivity contribution in [2.45, 2.75) is 161 Å². The standard InChI is InChI=1S/C30H61N5O2/c1-3-5-7-9-10-11-12-13-14-15-16-17-18-19-20-24-28(36)35-27(23-22-26-34-30(31)32)29(37)33-25-21-8-6-4-2/h27H,3-26H2,1-2H3,(H,33,37)(H,35,36)(H4,31,32,34)/p+1. The zero-order valence-electron chi connectivity index (χ0n) is 24.5. The summed E-state index contributed by atoms with van der Waals surface area (Å²) in [4.78, 5) is 28.0. The SMILES string of the molecule is CCCCCCCCCCCCCCCCCC(=O)NC(CCC[NH+]=C(N)N)C(=O)NCCCCCC. The lowest BCUT2D eigenvalue weighted by Crippen LogP contribution is -2.78. The Morgan fingerprint density at radius 3 is 1.59 bits per heavy atom. The molecule has 37 heavy (non-hydrogen) atoms. The quantitative estimate of drug-likeness (QED) is 0.0613. The van der Waals surface area contributed by atoms with Gasteiger partial charge in [-0.1, -0.05) is 123 Å². The molecule has 7 nitrogen and oxygen atoms in total. The summed E-state index contributed by atoms with van der Waals surface area (Å²) in [5.74, 6) is 0.0545. The van der Waals surface area contributed by atoms with Gasteiger partial charge in [0.05, 0.1) is 6.54 Å². The molecular weight excluding hydrogens is 462 g/mol. The van der Waals surface area contributed by atoms with Crippen molar-refractivity contribution >= 4 is 17.8 Å². The zero-order valence-corrected chi connectivity index (χ0v) is 24.5. The molecule has 0 aliphatic heterocycles. The molecule has 0 saturated heterocycles. The number of carbonyl (C=O) groups excluding carboxylic acids is 2. The molecular formula is C30H62N5O2+. The third-order valence-electron chi connectivity index (χ3n) is 6.99. The van der Waals surface area contributed by atoms with E-state index in [1.165, 1.54) is 96.3 Å². The van der Waals surface area contributed by atoms with Crippen molar-refractivity contribution in [1.82, 2.24) is 10.6 Å². The normalized spacial score (nSPS) is 11.7. The largest absolute Gasteiger partial charge is 0.354 e. The van der Waals surface area contributed by atoms with Crippen LogP contribution >= 0.6 is 0 Å². The molecule has 0 aromatic rings. The van der Waals surface area contributed by atoms with E-state index in [4.69, 9.17) is 11.5 Å². The van der Waals surface area contributed by atoms with Gasteiger partial charge in [0.2, 0.25) is 11.8 Å². The molecule has 0 saturated carbocycles. The summed E-state index contributed by atoms with van der Waals surface area (Å²) in [5, 5.41) is 5.95. The summed E-state index contributed by atoms with van der Waals surface area (Å²) in [6, 6.07) is -0.504. The first-order valence-corrected chi connectivity index (χ1v) is 15.7. The molecule has 0 rings (SSSR count). The first-order chi connectivity index (χ1) is 18.0. The minimum Gasteiger partial charge on any atom is -0.354 e. The van der Waals surface area contributed by atoms with Crippen molar-refractivity contribution < 1.29 is 14.6 Å². The molecule has 0 aromatic carbocycles. The van der Waals surface area contributed by atoms with Crippen LogP contribution in [0.2, 0.25) is 0 Å². The highest BCUT2D eigenvalue weighted by Crippen LogP contribution is 2.13. The Bertz CT molecular complexity index is 564. The van der Waals surface area contributed by atoms with Crippen LogP contribution in [0, 0.1) is 0 Å². The zero-order chi connectivity index (χ0) is 27.4. The Morgan fingerprint density at radius 1 is 0.649 bits per heavy atom. The van der Waals surface area contributed by atoms with Crippen molar-refractivity contribution in [3.05, 3.63) is 0 Å². The minimum atomic E-state index is -0.504. The van der Waals surface area contributed by atoms with Gasteiger partial charge in [-0.15, -0.1) is 0 Å². The van der Waals surface area contributed by atoms with Crippen LogP contribution in [0.1, 0.15) is 155 Å². The van der Waals surface area contributed by atoms with Gasteiger partial charge < -0.3 is 10.6 Å². The van der Waals surface area contributed by atoms with Crippen molar-refractivity contribution in [3.8, 4) is 0 Å². The van der Waals surface area contributed by atoms with E-state index in [-0.39, 0.29) is 17.8 Å². The molecule has 1 atom stereocenters. The average Bonchev–Trinajstić information content (AvgIpc) is 2.87. The third-order valence-corrected chi connectivity index (χ3v) is 6.99. The van der Waals surface area contributed by atoms with Crippen LogP contribution in [0.5, 0.6) is 0 Å². The van der Waals surface area contributed by atoms with E-state index >= 15 is 0 Å². The highest BCUT2D eigenvalue weighted by atomic mass is 16.2. The molecule has 0 aromatic heterocycles. The Kier molecular flexibility index (Phi) is 25.9. The maximum atomic E-state index is 12.7. The monoisotopic (exact) mass is 524 g/mol. The van der Waals surface area contributed by atoms with Crippen LogP contribution in [0.4, 0.5) is 0 Å². The van der Waals surface area contributed by atoms with E-state index in [2.05, 4.69) is 29.5 Å². The molecule has 7 heteroatoms. The number of nitrogens with two attached hydrogens (primary N) is 2. The number of guanidine groups is 1. The van der Waals surface area contributed by atoms with E-state index in [9.17, 15) is 9.59 Å². The molecule has 0 spiro atoms. The molecule has 0 fully saturated rings. The minimum absolute atomic E-state index is 0.0290. The summed E-state index contributed by atoms with van der Waals surface area (Å²) < 4.78 is 0. The number of hydrogen-bond donors (Lipinski definition) is 5. The van der Waals surface area contributed by atoms with Crippen molar-refractivity contribution in [3.63, 3.8) is 0 Å². The number of rotatable bonds is 27. The molecule has 2 amide bonds. The maximum Gasteiger partial charge on any atom is 0.338 e. The number of nitrogens with one attached hydrogen (secondary N) is 3. The van der Waals surface area contributed by atoms with E-state index in [1.807, 2.05) is 0 Å². The second-order valence-electron chi connectivity index (χ2n) is 10.7. The number of hydrogen-bond acceptors (Lipinski definition) is 2. The van der Waals surface area contributed by atoms with Gasteiger partial charge in [0.25, 0.3) is 0 Å². The molecule has 7 N–H and O–H groups in total. The lowest BCUT2D eigenvalue weighted by atomic mass is 10.0. The van der Waals surface area contributed by atoms with Gasteiger partial charge >= 0.3 is 5.96 Å². The molecule has 0 aliphatic rings. The van der Waals surface area contributed by atoms with Crippen molar-refractivity contribution in [2.75, 3.05) is 13.1 Å². The van der Waals surface area contributed by atoms with E-state index in [0.717, 1.165) is 25.7 Å². The molecule has 0 bridgehead atoms. The second-order valence-corrected chi connectivity index (χ2v) is 10.7. The molecule has 1 unspecified atom stereocenters. The predicted molar refractivity (Wildman–Crippen MR) is 157 cm³/mol. The summed E-state index contributed by atoms with van der Waals surface area (Å²) >= 11 is 0. The van der Waals surface area contributed by atoms with Crippen LogP contribution in [0.15, 0.2) is 0 Å². The second kappa shape index (κ2) is 27.3. The van der Waals surface area contributed by atoms with Gasteiger partial charge in [-0.05, 0) is 25.7 Å². The van der Waals surface area contributed by atoms with Crippen LogP contribution in [-0.2, 0) is 9.59 Å². The van der Waals surface area contributed by atoms with Gasteiger partial charge in [0.15, 0.2) is 0 Å². The smallest absolute Gasteiger partial charge is 0.338 e. The fraction of sp³-hybridized carbons (Fsp3) is 0.900. The summed E-state index contributed by atoms with van der Waals surface area (Å²) in [7, 11) is 0. The Labute approximate surface area is 228 Å². The maximum absolute atomic E-state index is 12.7. The lowest BCUT2D eigenvalue weighted by molar-refractivity contribution is -0.459. The Morgan fingerprint density at radius 2 is 1.11 bits per heavy atom. The van der Waals surface area contributed by atoms with Crippen LogP contribution in [0.3, 0.4) is 0 Å². The van der Waals surface area contributed by atoms with Gasteiger partial charge in [0.1, 0.15) is 6.04 Å². The fourth-order valence-electron chi connectivity index (χ4n) is 4.62. The number of unbranched alkanes of at least 4 members (excludes halogenated alkanes) is 17. The van der Waals surface area contributed by atoms with Gasteiger partial charge in [0, 0.05) is 13.0 Å². The summed E-state index contributed by atoms with van der Waals surface area (Å²) in [5.41, 5.74) is 10.9. The summed E-state index contributed by atoms with van der Waals surface area (Å²) in [6.45, 7) is 5.68.